The Bertz CT molecular complexity index is 688. The van der Waals surface area contributed by atoms with E-state index in [1.165, 1.54) is 11.8 Å². The van der Waals surface area contributed by atoms with Gasteiger partial charge in [0, 0.05) is 11.6 Å². The van der Waals surface area contributed by atoms with E-state index in [-0.39, 0.29) is 11.7 Å². The van der Waals surface area contributed by atoms with Crippen LogP contribution in [0.15, 0.2) is 42.1 Å². The number of ether oxygens (including phenoxy) is 1. The Morgan fingerprint density at radius 3 is 2.88 bits per heavy atom. The summed E-state index contributed by atoms with van der Waals surface area (Å²) in [5, 5.41) is 12.2. The zero-order chi connectivity index (χ0) is 17.4. The van der Waals surface area contributed by atoms with Crippen LogP contribution in [0, 0.1) is 6.92 Å². The van der Waals surface area contributed by atoms with Crippen LogP contribution in [-0.4, -0.2) is 39.6 Å². The predicted molar refractivity (Wildman–Crippen MR) is 95.6 cm³/mol. The Morgan fingerprint density at radius 2 is 2.17 bits per heavy atom. The van der Waals surface area contributed by atoms with Crippen molar-refractivity contribution in [1.82, 2.24) is 20.1 Å². The highest BCUT2D eigenvalue weighted by Gasteiger charge is 2.10. The first-order valence-corrected chi connectivity index (χ1v) is 8.75. The molecule has 1 aromatic carbocycles. The van der Waals surface area contributed by atoms with E-state index in [2.05, 4.69) is 22.1 Å². The van der Waals surface area contributed by atoms with Crippen LogP contribution in [0.1, 0.15) is 5.82 Å². The number of allylic oxidation sites excluding steroid dienone is 1. The Kier molecular flexibility index (Phi) is 7.14. The maximum Gasteiger partial charge on any atom is 0.230 e. The van der Waals surface area contributed by atoms with Crippen molar-refractivity contribution in [3.05, 3.63) is 47.8 Å². The van der Waals surface area contributed by atoms with Crippen molar-refractivity contribution in [2.75, 3.05) is 18.9 Å². The van der Waals surface area contributed by atoms with E-state index in [4.69, 9.17) is 16.3 Å². The van der Waals surface area contributed by atoms with Crippen molar-refractivity contribution in [3.63, 3.8) is 0 Å². The van der Waals surface area contributed by atoms with Crippen LogP contribution in [-0.2, 0) is 11.3 Å². The van der Waals surface area contributed by atoms with Crippen LogP contribution in [0.4, 0.5) is 0 Å². The summed E-state index contributed by atoms with van der Waals surface area (Å²) in [6.07, 6.45) is 1.77. The van der Waals surface area contributed by atoms with Crippen molar-refractivity contribution in [2.24, 2.45) is 0 Å². The largest absolute Gasteiger partial charge is 0.492 e. The van der Waals surface area contributed by atoms with Gasteiger partial charge < -0.3 is 14.6 Å². The fourth-order valence-electron chi connectivity index (χ4n) is 1.88. The summed E-state index contributed by atoms with van der Waals surface area (Å²) in [6, 6.07) is 7.09. The summed E-state index contributed by atoms with van der Waals surface area (Å²) in [6.45, 7) is 7.02. The number of nitrogens with zero attached hydrogens (tertiary/aromatic N) is 3. The van der Waals surface area contributed by atoms with Crippen molar-refractivity contribution in [2.45, 2.75) is 18.6 Å². The normalized spacial score (nSPS) is 10.4. The lowest BCUT2D eigenvalue weighted by Gasteiger charge is -2.08. The molecule has 1 amide bonds. The zero-order valence-corrected chi connectivity index (χ0v) is 14.9. The highest BCUT2D eigenvalue weighted by Crippen LogP contribution is 2.17. The number of amides is 1. The summed E-state index contributed by atoms with van der Waals surface area (Å²) < 4.78 is 7.42. The van der Waals surface area contributed by atoms with Gasteiger partial charge in [-0.25, -0.2) is 0 Å². The molecule has 0 fully saturated rings. The van der Waals surface area contributed by atoms with Gasteiger partial charge in [-0.1, -0.05) is 29.4 Å². The fraction of sp³-hybridized carbons (Fsp3) is 0.312. The minimum Gasteiger partial charge on any atom is -0.492 e. The highest BCUT2D eigenvalue weighted by molar-refractivity contribution is 7.99. The molecule has 0 spiro atoms. The van der Waals surface area contributed by atoms with Crippen LogP contribution < -0.4 is 10.1 Å². The maximum atomic E-state index is 11.9. The lowest BCUT2D eigenvalue weighted by Crippen LogP contribution is -2.29. The molecular formula is C16H19ClN4O2S. The molecule has 8 heteroatoms. The predicted octanol–water partition coefficient (Wildman–Crippen LogP) is 2.71. The van der Waals surface area contributed by atoms with Gasteiger partial charge in [0.2, 0.25) is 5.91 Å². The van der Waals surface area contributed by atoms with E-state index in [1.54, 1.807) is 30.3 Å². The van der Waals surface area contributed by atoms with Crippen molar-refractivity contribution < 1.29 is 9.53 Å². The highest BCUT2D eigenvalue weighted by atomic mass is 35.5. The molecule has 2 aromatic rings. The van der Waals surface area contributed by atoms with E-state index in [0.717, 1.165) is 11.6 Å². The van der Waals surface area contributed by atoms with E-state index in [0.29, 0.717) is 29.9 Å². The Balaban J connectivity index is 1.68. The second kappa shape index (κ2) is 9.34. The smallest absolute Gasteiger partial charge is 0.230 e. The summed E-state index contributed by atoms with van der Waals surface area (Å²) >= 11 is 7.15. The second-order valence-corrected chi connectivity index (χ2v) is 6.25. The monoisotopic (exact) mass is 366 g/mol. The number of halogens is 1. The van der Waals surface area contributed by atoms with Gasteiger partial charge in [0.15, 0.2) is 5.16 Å². The van der Waals surface area contributed by atoms with Crippen LogP contribution in [0.2, 0.25) is 5.02 Å². The van der Waals surface area contributed by atoms with Crippen molar-refractivity contribution in [1.29, 1.82) is 0 Å². The third kappa shape index (κ3) is 5.58. The van der Waals surface area contributed by atoms with E-state index in [1.807, 2.05) is 11.5 Å². The molecule has 0 saturated heterocycles. The molecule has 0 aliphatic rings. The van der Waals surface area contributed by atoms with Gasteiger partial charge in [0.25, 0.3) is 0 Å². The van der Waals surface area contributed by atoms with Crippen LogP contribution in [0.3, 0.4) is 0 Å². The molecule has 0 atom stereocenters. The third-order valence-electron chi connectivity index (χ3n) is 3.05. The Hall–Kier alpha value is -1.99. The first-order chi connectivity index (χ1) is 11.6. The van der Waals surface area contributed by atoms with Crippen molar-refractivity contribution in [3.8, 4) is 5.75 Å². The summed E-state index contributed by atoms with van der Waals surface area (Å²) in [5.41, 5.74) is 0. The van der Waals surface area contributed by atoms with Crippen LogP contribution >= 0.6 is 23.4 Å². The molecule has 2 rings (SSSR count). The number of thioether (sulfide) groups is 1. The van der Waals surface area contributed by atoms with Gasteiger partial charge in [-0.3, -0.25) is 4.79 Å². The number of benzene rings is 1. The van der Waals surface area contributed by atoms with E-state index in [9.17, 15) is 4.79 Å². The number of hydrogen-bond acceptors (Lipinski definition) is 5. The molecule has 0 unspecified atom stereocenters. The number of rotatable bonds is 9. The maximum absolute atomic E-state index is 11.9. The summed E-state index contributed by atoms with van der Waals surface area (Å²) in [4.78, 5) is 11.9. The minimum absolute atomic E-state index is 0.0782. The number of aryl methyl sites for hydroxylation is 1. The second-order valence-electron chi connectivity index (χ2n) is 4.87. The standard InChI is InChI=1S/C16H19ClN4O2S/c1-3-9-21-12(2)19-20-16(21)24-11-15(22)18-8-10-23-14-6-4-13(17)5-7-14/h3-7H,1,8-11H2,2H3,(H,18,22). The van der Waals surface area contributed by atoms with Crippen molar-refractivity contribution >= 4 is 29.3 Å². The molecule has 0 radical (unpaired) electrons. The molecule has 128 valence electrons. The Morgan fingerprint density at radius 1 is 1.42 bits per heavy atom. The molecule has 0 saturated carbocycles. The molecule has 1 aromatic heterocycles. The molecule has 1 N–H and O–H groups in total. The average molecular weight is 367 g/mol. The molecule has 1 heterocycles. The summed E-state index contributed by atoms with van der Waals surface area (Å²) in [7, 11) is 0. The first-order valence-electron chi connectivity index (χ1n) is 7.38. The average Bonchev–Trinajstić information content (AvgIpc) is 2.92. The SMILES string of the molecule is C=CCn1c(C)nnc1SCC(=O)NCCOc1ccc(Cl)cc1. The third-order valence-corrected chi connectivity index (χ3v) is 4.27. The number of nitrogens with one attached hydrogen (secondary N) is 1. The number of aromatic nitrogens is 3. The van der Waals surface area contributed by atoms with Crippen LogP contribution in [0.25, 0.3) is 0 Å². The van der Waals surface area contributed by atoms with Gasteiger partial charge in [0.05, 0.1) is 12.3 Å². The van der Waals surface area contributed by atoms with Gasteiger partial charge in [-0.05, 0) is 31.2 Å². The number of carbonyl (C=O) groups is 1. The molecular weight excluding hydrogens is 348 g/mol. The molecule has 0 aliphatic carbocycles. The lowest BCUT2D eigenvalue weighted by atomic mass is 10.3. The topological polar surface area (TPSA) is 69.0 Å². The Labute approximate surface area is 150 Å². The van der Waals surface area contributed by atoms with Gasteiger partial charge in [-0.2, -0.15) is 0 Å². The molecule has 24 heavy (non-hydrogen) atoms. The first kappa shape index (κ1) is 18.4. The van der Waals surface area contributed by atoms with Gasteiger partial charge in [0.1, 0.15) is 18.2 Å². The summed E-state index contributed by atoms with van der Waals surface area (Å²) in [5.74, 6) is 1.71. The molecule has 6 nitrogen and oxygen atoms in total. The number of hydrogen-bond donors (Lipinski definition) is 1. The lowest BCUT2D eigenvalue weighted by molar-refractivity contribution is -0.118. The number of carbonyl (C=O) groups excluding carboxylic acids is 1. The molecule has 0 aliphatic heterocycles. The molecule has 0 bridgehead atoms. The van der Waals surface area contributed by atoms with Gasteiger partial charge in [-0.15, -0.1) is 16.8 Å². The van der Waals surface area contributed by atoms with E-state index >= 15 is 0 Å². The fourth-order valence-corrected chi connectivity index (χ4v) is 2.83. The minimum atomic E-state index is -0.0782. The van der Waals surface area contributed by atoms with Gasteiger partial charge >= 0.3 is 0 Å². The van der Waals surface area contributed by atoms with E-state index < -0.39 is 0 Å². The quantitative estimate of drug-likeness (QED) is 0.420. The zero-order valence-electron chi connectivity index (χ0n) is 13.4. The van der Waals surface area contributed by atoms with Crippen LogP contribution in [0.5, 0.6) is 5.75 Å².